The smallest absolute Gasteiger partial charge is 0.205 e. The number of quaternary nitrogens is 1. The van der Waals surface area contributed by atoms with Gasteiger partial charge in [0.1, 0.15) is 18.8 Å². The molecular formula is C52H64N4S2+2. The molecule has 302 valence electrons. The molecule has 6 rings (SSSR count). The summed E-state index contributed by atoms with van der Waals surface area (Å²) >= 11 is 0. The summed E-state index contributed by atoms with van der Waals surface area (Å²) in [6.45, 7) is 11.7. The minimum Gasteiger partial charge on any atom is -0.371 e. The van der Waals surface area contributed by atoms with E-state index in [1.165, 1.54) is 81.5 Å². The van der Waals surface area contributed by atoms with Gasteiger partial charge in [0.15, 0.2) is 6.20 Å². The number of hydrogen-bond acceptors (Lipinski definition) is 4. The molecule has 0 amide bonds. The highest BCUT2D eigenvalue weighted by molar-refractivity contribution is 8.76. The molecule has 1 aliphatic carbocycles. The molecule has 4 aromatic rings. The van der Waals surface area contributed by atoms with Crippen LogP contribution in [0, 0.1) is 5.92 Å². The number of aromatic nitrogens is 1. The van der Waals surface area contributed by atoms with E-state index in [-0.39, 0.29) is 0 Å². The lowest BCUT2D eigenvalue weighted by Gasteiger charge is -2.29. The predicted octanol–water partition coefficient (Wildman–Crippen LogP) is 11.1. The third-order valence-corrected chi connectivity index (χ3v) is 13.6. The monoisotopic (exact) mass is 808 g/mol. The van der Waals surface area contributed by atoms with Gasteiger partial charge in [-0.3, -0.25) is 4.90 Å². The van der Waals surface area contributed by atoms with Gasteiger partial charge in [0.25, 0.3) is 0 Å². The first kappa shape index (κ1) is 43.1. The number of aryl methyl sites for hydroxylation is 1. The average molecular weight is 809 g/mol. The van der Waals surface area contributed by atoms with Crippen molar-refractivity contribution in [3.05, 3.63) is 180 Å². The highest BCUT2D eigenvalue weighted by Crippen LogP contribution is 2.26. The van der Waals surface area contributed by atoms with Crippen LogP contribution in [-0.2, 0) is 13.1 Å². The Morgan fingerprint density at radius 3 is 2.02 bits per heavy atom. The van der Waals surface area contributed by atoms with E-state index in [2.05, 4.69) is 220 Å². The van der Waals surface area contributed by atoms with Crippen LogP contribution >= 0.6 is 21.6 Å². The number of rotatable bonds is 23. The number of nitrogens with one attached hydrogen (secondary N) is 1. The zero-order chi connectivity index (χ0) is 40.0. The molecule has 58 heavy (non-hydrogen) atoms. The number of anilines is 2. The summed E-state index contributed by atoms with van der Waals surface area (Å²) in [6, 6.07) is 35.6. The normalized spacial score (nSPS) is 16.3. The van der Waals surface area contributed by atoms with Crippen molar-refractivity contribution >= 4 is 51.2 Å². The standard InChI is InChI=1S/C52H63N4S2/c1-3-53-37-13-11-23-49(53)31-25-45-27-33-51(34-28-45)55(43-47-19-7-5-8-20-47)39-15-17-41-57-58-42-18-16-40-56(44-48-21-9-6-10-22-48)52-35-29-46(30-36-52)26-32-50-24-12-14-38-54(50)4-2/h5-14,19-21,23-37,48H,3-4,15-18,22,38-44H2,1-2H3/q+1/p+1/b32-26+. The largest absolute Gasteiger partial charge is 0.371 e. The lowest BCUT2D eigenvalue weighted by molar-refractivity contribution is -0.849. The van der Waals surface area contributed by atoms with Crippen molar-refractivity contribution in [2.24, 2.45) is 5.92 Å². The highest BCUT2D eigenvalue weighted by atomic mass is 33.1. The Bertz CT molecular complexity index is 1980. The SMILES string of the molecule is CC[n+]1ccccc1/C=C/c1ccc(N(CCCCSSCCCCN(CC2C=CC=CC2)c2ccc(/C=C/C3=CC=CC[NH+]3CC)cc2)Cc2ccccc2)cc1. The maximum Gasteiger partial charge on any atom is 0.205 e. The molecule has 2 heterocycles. The second-order valence-electron chi connectivity index (χ2n) is 15.2. The Morgan fingerprint density at radius 1 is 0.672 bits per heavy atom. The Hall–Kier alpha value is -4.49. The summed E-state index contributed by atoms with van der Waals surface area (Å²) in [7, 11) is 4.12. The fourth-order valence-electron chi connectivity index (χ4n) is 7.55. The molecule has 1 aromatic heterocycles. The topological polar surface area (TPSA) is 14.8 Å². The van der Waals surface area contributed by atoms with Crippen molar-refractivity contribution < 1.29 is 9.47 Å². The molecule has 1 aliphatic heterocycles. The van der Waals surface area contributed by atoms with Gasteiger partial charge in [0.05, 0.1) is 6.54 Å². The minimum atomic E-state index is 0.572. The van der Waals surface area contributed by atoms with E-state index < -0.39 is 0 Å². The zero-order valence-electron chi connectivity index (χ0n) is 34.8. The van der Waals surface area contributed by atoms with Crippen molar-refractivity contribution in [3.63, 3.8) is 0 Å². The Morgan fingerprint density at radius 2 is 1.34 bits per heavy atom. The molecular weight excluding hydrogens is 745 g/mol. The molecule has 2 atom stereocenters. The molecule has 6 heteroatoms. The van der Waals surface area contributed by atoms with E-state index in [4.69, 9.17) is 0 Å². The molecule has 4 nitrogen and oxygen atoms in total. The van der Waals surface area contributed by atoms with Crippen molar-refractivity contribution in [2.45, 2.75) is 59.0 Å². The van der Waals surface area contributed by atoms with E-state index in [9.17, 15) is 0 Å². The lowest BCUT2D eigenvalue weighted by Crippen LogP contribution is -3.09. The predicted molar refractivity (Wildman–Crippen MR) is 256 cm³/mol. The maximum absolute atomic E-state index is 2.62. The summed E-state index contributed by atoms with van der Waals surface area (Å²) in [6.07, 6.45) is 32.9. The Balaban J connectivity index is 0.928. The molecule has 2 unspecified atom stereocenters. The first-order valence-corrected chi connectivity index (χ1v) is 24.1. The second kappa shape index (κ2) is 24.4. The summed E-state index contributed by atoms with van der Waals surface area (Å²) < 4.78 is 2.27. The van der Waals surface area contributed by atoms with Crippen LogP contribution in [0.1, 0.15) is 68.3 Å². The summed E-state index contributed by atoms with van der Waals surface area (Å²) in [5, 5.41) is 0. The van der Waals surface area contributed by atoms with Crippen molar-refractivity contribution in [3.8, 4) is 0 Å². The zero-order valence-corrected chi connectivity index (χ0v) is 36.4. The highest BCUT2D eigenvalue weighted by Gasteiger charge is 2.15. The molecule has 0 radical (unpaired) electrons. The van der Waals surface area contributed by atoms with Crippen molar-refractivity contribution in [1.29, 1.82) is 0 Å². The van der Waals surface area contributed by atoms with E-state index in [1.54, 1.807) is 0 Å². The van der Waals surface area contributed by atoms with Crippen LogP contribution < -0.4 is 19.3 Å². The Labute approximate surface area is 357 Å². The minimum absolute atomic E-state index is 0.572. The number of likely N-dealkylation sites (N-methyl/N-ethyl adjacent to an activating group) is 1. The quantitative estimate of drug-likeness (QED) is 0.0456. The van der Waals surface area contributed by atoms with E-state index in [0.29, 0.717) is 5.92 Å². The third kappa shape index (κ3) is 14.1. The first-order chi connectivity index (χ1) is 28.7. The van der Waals surface area contributed by atoms with Gasteiger partial charge in [-0.2, -0.15) is 4.57 Å². The third-order valence-electron chi connectivity index (χ3n) is 11.0. The van der Waals surface area contributed by atoms with Crippen LogP contribution in [0.3, 0.4) is 0 Å². The molecule has 1 N–H and O–H groups in total. The molecule has 0 spiro atoms. The van der Waals surface area contributed by atoms with Crippen LogP contribution in [0.4, 0.5) is 11.4 Å². The van der Waals surface area contributed by atoms with Crippen LogP contribution in [0.25, 0.3) is 18.2 Å². The van der Waals surface area contributed by atoms with Gasteiger partial charge in [-0.25, -0.2) is 0 Å². The van der Waals surface area contributed by atoms with E-state index in [0.717, 1.165) is 52.2 Å². The van der Waals surface area contributed by atoms with Gasteiger partial charge < -0.3 is 9.80 Å². The number of unbranched alkanes of at least 4 members (excludes halogenated alkanes) is 2. The fourth-order valence-corrected chi connectivity index (χ4v) is 9.85. The lowest BCUT2D eigenvalue weighted by atomic mass is 9.99. The van der Waals surface area contributed by atoms with Gasteiger partial charge in [-0.05, 0) is 129 Å². The maximum atomic E-state index is 2.62. The fraction of sp³-hybridized carbons (Fsp3) is 0.327. The molecule has 0 fully saturated rings. The number of allylic oxidation sites excluding steroid dienone is 6. The van der Waals surface area contributed by atoms with Crippen LogP contribution in [0.15, 0.2) is 158 Å². The van der Waals surface area contributed by atoms with Gasteiger partial charge in [0, 0.05) is 67.3 Å². The summed E-state index contributed by atoms with van der Waals surface area (Å²) in [5.74, 6) is 2.98. The molecule has 3 aromatic carbocycles. The second-order valence-corrected chi connectivity index (χ2v) is 17.9. The number of pyridine rings is 1. The van der Waals surface area contributed by atoms with Crippen LogP contribution in [0.5, 0.6) is 0 Å². The molecule has 2 aliphatic rings. The van der Waals surface area contributed by atoms with Crippen molar-refractivity contribution in [2.75, 3.05) is 54.0 Å². The number of benzene rings is 3. The Kier molecular flexibility index (Phi) is 18.2. The van der Waals surface area contributed by atoms with Crippen LogP contribution in [-0.4, -0.2) is 44.2 Å². The van der Waals surface area contributed by atoms with Crippen LogP contribution in [0.2, 0.25) is 0 Å². The average Bonchev–Trinajstić information content (AvgIpc) is 3.28. The summed E-state index contributed by atoms with van der Waals surface area (Å²) in [5.41, 5.74) is 9.06. The van der Waals surface area contributed by atoms with E-state index in [1.807, 2.05) is 0 Å². The van der Waals surface area contributed by atoms with E-state index >= 15 is 0 Å². The first-order valence-electron chi connectivity index (χ1n) is 21.6. The molecule has 0 bridgehead atoms. The molecule has 0 saturated heterocycles. The van der Waals surface area contributed by atoms with Gasteiger partial charge in [0.2, 0.25) is 5.69 Å². The van der Waals surface area contributed by atoms with Gasteiger partial charge in [-0.15, -0.1) is 0 Å². The van der Waals surface area contributed by atoms with Gasteiger partial charge in [-0.1, -0.05) is 107 Å². The number of hydrogen-bond donors (Lipinski definition) is 1. The van der Waals surface area contributed by atoms with Crippen molar-refractivity contribution in [1.82, 2.24) is 0 Å². The van der Waals surface area contributed by atoms with Gasteiger partial charge >= 0.3 is 0 Å². The number of nitrogens with zero attached hydrogens (tertiary/aromatic N) is 3. The molecule has 0 saturated carbocycles. The summed E-state index contributed by atoms with van der Waals surface area (Å²) in [4.78, 5) is 6.69.